The van der Waals surface area contributed by atoms with Gasteiger partial charge in [-0.1, -0.05) is 40.5 Å². The van der Waals surface area contributed by atoms with Gasteiger partial charge in [-0.05, 0) is 24.1 Å². The van der Waals surface area contributed by atoms with E-state index in [1.54, 1.807) is 7.11 Å². The number of alkyl halides is 1. The van der Waals surface area contributed by atoms with Gasteiger partial charge in [0.25, 0.3) is 0 Å². The fraction of sp³-hybridized carbons (Fsp3) is 0.400. The van der Waals surface area contributed by atoms with Crippen LogP contribution in [-0.2, 0) is 0 Å². The van der Waals surface area contributed by atoms with E-state index in [-0.39, 0.29) is 0 Å². The average Bonchev–Trinajstić information content (AvgIpc) is 2.16. The summed E-state index contributed by atoms with van der Waals surface area (Å²) in [7, 11) is 1.64. The van der Waals surface area contributed by atoms with E-state index in [9.17, 15) is 0 Å². The predicted octanol–water partition coefficient (Wildman–Crippen LogP) is 4.19. The third-order valence-electron chi connectivity index (χ3n) is 1.90. The number of benzene rings is 1. The van der Waals surface area contributed by atoms with Crippen molar-refractivity contribution in [2.24, 2.45) is 0 Å². The first-order valence-corrected chi connectivity index (χ1v) is 5.46. The van der Waals surface area contributed by atoms with Gasteiger partial charge < -0.3 is 4.74 Å². The van der Waals surface area contributed by atoms with Gasteiger partial charge in [0.2, 0.25) is 0 Å². The molecule has 13 heavy (non-hydrogen) atoms. The van der Waals surface area contributed by atoms with Crippen molar-refractivity contribution < 1.29 is 4.74 Å². The van der Waals surface area contributed by atoms with Gasteiger partial charge in [-0.3, -0.25) is 0 Å². The molecule has 0 fully saturated rings. The molecule has 0 amide bonds. The molecule has 0 spiro atoms. The number of ether oxygens (including phenoxy) is 1. The van der Waals surface area contributed by atoms with E-state index in [1.165, 1.54) is 0 Å². The van der Waals surface area contributed by atoms with Gasteiger partial charge in [0.05, 0.1) is 7.11 Å². The zero-order valence-corrected chi connectivity index (χ0v) is 10.0. The smallest absolute Gasteiger partial charge is 0.120 e. The van der Waals surface area contributed by atoms with Gasteiger partial charge in [0.1, 0.15) is 5.75 Å². The summed E-state index contributed by atoms with van der Waals surface area (Å²) in [5.41, 5.74) is 1.12. The Hall–Kier alpha value is -0.210. The molecule has 1 atom stereocenters. The predicted molar refractivity (Wildman–Crippen MR) is 60.0 cm³/mol. The SMILES string of the molecule is CCC(Br)c1ccc(OC)cc1Cl. The molecule has 0 saturated carbocycles. The lowest BCUT2D eigenvalue weighted by Crippen LogP contribution is -1.90. The first kappa shape index (κ1) is 10.9. The second-order valence-corrected chi connectivity index (χ2v) is 4.28. The highest BCUT2D eigenvalue weighted by molar-refractivity contribution is 9.09. The molecule has 0 radical (unpaired) electrons. The summed E-state index contributed by atoms with van der Waals surface area (Å²) in [6.07, 6.45) is 1.02. The molecule has 0 aliphatic heterocycles. The van der Waals surface area contributed by atoms with Crippen LogP contribution in [0.15, 0.2) is 18.2 Å². The van der Waals surface area contributed by atoms with Gasteiger partial charge in [-0.2, -0.15) is 0 Å². The normalized spacial score (nSPS) is 12.6. The molecular formula is C10H12BrClO. The monoisotopic (exact) mass is 262 g/mol. The first-order chi connectivity index (χ1) is 6.19. The van der Waals surface area contributed by atoms with Crippen LogP contribution in [0.2, 0.25) is 5.02 Å². The fourth-order valence-electron chi connectivity index (χ4n) is 1.11. The minimum absolute atomic E-state index is 0.325. The van der Waals surface area contributed by atoms with Crippen LogP contribution >= 0.6 is 27.5 Å². The largest absolute Gasteiger partial charge is 0.497 e. The topological polar surface area (TPSA) is 9.23 Å². The van der Waals surface area contributed by atoms with Crippen LogP contribution in [0, 0.1) is 0 Å². The minimum Gasteiger partial charge on any atom is -0.497 e. The lowest BCUT2D eigenvalue weighted by atomic mass is 10.1. The van der Waals surface area contributed by atoms with Crippen molar-refractivity contribution in [3.05, 3.63) is 28.8 Å². The molecule has 0 saturated heterocycles. The molecule has 0 aromatic heterocycles. The van der Waals surface area contributed by atoms with E-state index >= 15 is 0 Å². The fourth-order valence-corrected chi connectivity index (χ4v) is 1.94. The molecule has 0 bridgehead atoms. The van der Waals surface area contributed by atoms with Crippen molar-refractivity contribution in [1.82, 2.24) is 0 Å². The van der Waals surface area contributed by atoms with Crippen molar-refractivity contribution in [3.8, 4) is 5.75 Å². The first-order valence-electron chi connectivity index (χ1n) is 4.16. The summed E-state index contributed by atoms with van der Waals surface area (Å²) in [6, 6.07) is 5.75. The molecule has 0 aliphatic carbocycles. The Balaban J connectivity index is 2.98. The van der Waals surface area contributed by atoms with Crippen LogP contribution < -0.4 is 4.74 Å². The summed E-state index contributed by atoms with van der Waals surface area (Å²) < 4.78 is 5.06. The highest BCUT2D eigenvalue weighted by Gasteiger charge is 2.09. The Kier molecular flexibility index (Phi) is 4.07. The number of methoxy groups -OCH3 is 1. The number of hydrogen-bond donors (Lipinski definition) is 0. The number of rotatable bonds is 3. The van der Waals surface area contributed by atoms with E-state index in [4.69, 9.17) is 16.3 Å². The molecule has 1 nitrogen and oxygen atoms in total. The third-order valence-corrected chi connectivity index (χ3v) is 3.37. The van der Waals surface area contributed by atoms with Crippen LogP contribution in [-0.4, -0.2) is 7.11 Å². The summed E-state index contributed by atoms with van der Waals surface area (Å²) in [5, 5.41) is 0.753. The third kappa shape index (κ3) is 2.61. The van der Waals surface area contributed by atoms with E-state index in [0.29, 0.717) is 4.83 Å². The van der Waals surface area contributed by atoms with Crippen molar-refractivity contribution in [2.45, 2.75) is 18.2 Å². The summed E-state index contributed by atoms with van der Waals surface area (Å²) in [5.74, 6) is 0.796. The van der Waals surface area contributed by atoms with E-state index in [1.807, 2.05) is 18.2 Å². The summed E-state index contributed by atoms with van der Waals surface area (Å²) in [4.78, 5) is 0.325. The lowest BCUT2D eigenvalue weighted by Gasteiger charge is -2.10. The standard InChI is InChI=1S/C10H12BrClO/c1-3-9(11)8-5-4-7(13-2)6-10(8)12/h4-6,9H,3H2,1-2H3. The van der Waals surface area contributed by atoms with Crippen LogP contribution in [0.4, 0.5) is 0 Å². The van der Waals surface area contributed by atoms with Gasteiger partial charge in [-0.25, -0.2) is 0 Å². The highest BCUT2D eigenvalue weighted by Crippen LogP contribution is 2.33. The van der Waals surface area contributed by atoms with Crippen LogP contribution in [0.25, 0.3) is 0 Å². The average molecular weight is 264 g/mol. The molecule has 3 heteroatoms. The van der Waals surface area contributed by atoms with Crippen LogP contribution in [0.3, 0.4) is 0 Å². The molecular weight excluding hydrogens is 251 g/mol. The van der Waals surface area contributed by atoms with Gasteiger partial charge in [-0.15, -0.1) is 0 Å². The molecule has 1 rings (SSSR count). The summed E-state index contributed by atoms with van der Waals surface area (Å²) in [6.45, 7) is 2.11. The molecule has 72 valence electrons. The Morgan fingerprint density at radius 1 is 1.54 bits per heavy atom. The second-order valence-electron chi connectivity index (χ2n) is 2.76. The Morgan fingerprint density at radius 3 is 2.69 bits per heavy atom. The van der Waals surface area contributed by atoms with Crippen molar-refractivity contribution in [3.63, 3.8) is 0 Å². The van der Waals surface area contributed by atoms with Gasteiger partial charge >= 0.3 is 0 Å². The zero-order chi connectivity index (χ0) is 9.84. The second kappa shape index (κ2) is 4.87. The Morgan fingerprint density at radius 2 is 2.23 bits per heavy atom. The highest BCUT2D eigenvalue weighted by atomic mass is 79.9. The summed E-state index contributed by atoms with van der Waals surface area (Å²) >= 11 is 9.63. The minimum atomic E-state index is 0.325. The molecule has 0 aliphatic rings. The van der Waals surface area contributed by atoms with E-state index < -0.39 is 0 Å². The van der Waals surface area contributed by atoms with E-state index in [0.717, 1.165) is 22.8 Å². The number of hydrogen-bond acceptors (Lipinski definition) is 1. The van der Waals surface area contributed by atoms with Crippen molar-refractivity contribution in [1.29, 1.82) is 0 Å². The molecule has 0 heterocycles. The molecule has 1 aromatic rings. The zero-order valence-electron chi connectivity index (χ0n) is 7.68. The molecule has 1 aromatic carbocycles. The molecule has 0 N–H and O–H groups in total. The van der Waals surface area contributed by atoms with E-state index in [2.05, 4.69) is 22.9 Å². The maximum atomic E-state index is 6.07. The van der Waals surface area contributed by atoms with Crippen LogP contribution in [0.1, 0.15) is 23.7 Å². The van der Waals surface area contributed by atoms with Gasteiger partial charge in [0.15, 0.2) is 0 Å². The van der Waals surface area contributed by atoms with Crippen molar-refractivity contribution in [2.75, 3.05) is 7.11 Å². The maximum Gasteiger partial charge on any atom is 0.120 e. The molecule has 1 unspecified atom stereocenters. The Labute approximate surface area is 92.2 Å². The number of halogens is 2. The van der Waals surface area contributed by atoms with Crippen molar-refractivity contribution >= 4 is 27.5 Å². The maximum absolute atomic E-state index is 6.07. The van der Waals surface area contributed by atoms with Gasteiger partial charge in [0, 0.05) is 9.85 Å². The quantitative estimate of drug-likeness (QED) is 0.743. The lowest BCUT2D eigenvalue weighted by molar-refractivity contribution is 0.414. The van der Waals surface area contributed by atoms with Crippen LogP contribution in [0.5, 0.6) is 5.75 Å². The Bertz CT molecular complexity index is 288.